The van der Waals surface area contributed by atoms with E-state index in [4.69, 9.17) is 0 Å². The third-order valence-electron chi connectivity index (χ3n) is 4.41. The summed E-state index contributed by atoms with van der Waals surface area (Å²) in [5, 5.41) is 16.4. The van der Waals surface area contributed by atoms with Crippen LogP contribution in [0.25, 0.3) is 10.8 Å². The zero-order valence-electron chi connectivity index (χ0n) is 13.9. The number of hydrogen-bond donors (Lipinski definition) is 2. The van der Waals surface area contributed by atoms with Gasteiger partial charge in [0.1, 0.15) is 5.75 Å². The third kappa shape index (κ3) is 3.28. The molecule has 3 nitrogen and oxygen atoms in total. The van der Waals surface area contributed by atoms with Crippen molar-refractivity contribution in [2.24, 2.45) is 0 Å². The van der Waals surface area contributed by atoms with Crippen LogP contribution >= 0.6 is 15.9 Å². The highest BCUT2D eigenvalue weighted by atomic mass is 79.9. The highest BCUT2D eigenvalue weighted by Gasteiger charge is 2.20. The van der Waals surface area contributed by atoms with E-state index in [-0.39, 0.29) is 11.8 Å². The molecule has 0 radical (unpaired) electrons. The van der Waals surface area contributed by atoms with E-state index < -0.39 is 0 Å². The Balaban J connectivity index is 1.91. The van der Waals surface area contributed by atoms with Crippen LogP contribution in [0.3, 0.4) is 0 Å². The Bertz CT molecular complexity index is 1030. The Hall–Kier alpha value is -2.85. The maximum atomic E-state index is 10.7. The summed E-state index contributed by atoms with van der Waals surface area (Å²) in [6, 6.07) is 23.6. The molecular weight excluding hydrogens is 388 g/mol. The Labute approximate surface area is 160 Å². The maximum Gasteiger partial charge on any atom is 0.121 e. The molecule has 0 aliphatic carbocycles. The van der Waals surface area contributed by atoms with Crippen LogP contribution in [0.4, 0.5) is 5.69 Å². The quantitative estimate of drug-likeness (QED) is 0.444. The normalized spacial score (nSPS) is 12.0. The van der Waals surface area contributed by atoms with Crippen LogP contribution in [-0.2, 0) is 0 Å². The number of aromatic nitrogens is 1. The summed E-state index contributed by atoms with van der Waals surface area (Å²) in [6.07, 6.45) is 3.53. The van der Waals surface area contributed by atoms with E-state index in [1.807, 2.05) is 48.5 Å². The van der Waals surface area contributed by atoms with Gasteiger partial charge in [0.05, 0.1) is 11.7 Å². The van der Waals surface area contributed by atoms with E-state index in [2.05, 4.69) is 44.4 Å². The van der Waals surface area contributed by atoms with E-state index in [1.54, 1.807) is 18.5 Å². The molecule has 2 N–H and O–H groups in total. The number of aromatic hydroxyl groups is 1. The predicted molar refractivity (Wildman–Crippen MR) is 109 cm³/mol. The SMILES string of the molecule is Oc1ccc2ccccc2c1C(Nc1cccnc1)c1ccc(Br)cc1. The molecule has 3 aromatic carbocycles. The minimum atomic E-state index is -0.210. The number of benzene rings is 3. The molecule has 4 heteroatoms. The molecule has 128 valence electrons. The molecule has 0 fully saturated rings. The average molecular weight is 405 g/mol. The van der Waals surface area contributed by atoms with Crippen molar-refractivity contribution in [3.8, 4) is 5.75 Å². The molecule has 1 heterocycles. The van der Waals surface area contributed by atoms with Gasteiger partial charge < -0.3 is 10.4 Å². The lowest BCUT2D eigenvalue weighted by Gasteiger charge is -2.23. The number of pyridine rings is 1. The molecule has 26 heavy (non-hydrogen) atoms. The number of phenolic OH excluding ortho intramolecular Hbond substituents is 1. The highest BCUT2D eigenvalue weighted by Crippen LogP contribution is 2.38. The molecule has 1 aromatic heterocycles. The number of phenols is 1. The summed E-state index contributed by atoms with van der Waals surface area (Å²) in [7, 11) is 0. The number of anilines is 1. The molecule has 0 bridgehead atoms. The monoisotopic (exact) mass is 404 g/mol. The minimum Gasteiger partial charge on any atom is -0.508 e. The number of hydrogen-bond acceptors (Lipinski definition) is 3. The zero-order valence-corrected chi connectivity index (χ0v) is 15.5. The Morgan fingerprint density at radius 2 is 1.69 bits per heavy atom. The van der Waals surface area contributed by atoms with Gasteiger partial charge in [0.15, 0.2) is 0 Å². The van der Waals surface area contributed by atoms with Crippen molar-refractivity contribution in [2.45, 2.75) is 6.04 Å². The molecule has 4 aromatic rings. The first-order chi connectivity index (χ1) is 12.7. The van der Waals surface area contributed by atoms with Crippen molar-refractivity contribution in [2.75, 3.05) is 5.32 Å². The first kappa shape index (κ1) is 16.6. The van der Waals surface area contributed by atoms with E-state index in [9.17, 15) is 5.11 Å². The largest absolute Gasteiger partial charge is 0.508 e. The van der Waals surface area contributed by atoms with Gasteiger partial charge >= 0.3 is 0 Å². The van der Waals surface area contributed by atoms with Crippen molar-refractivity contribution in [1.29, 1.82) is 0 Å². The van der Waals surface area contributed by atoms with Crippen molar-refractivity contribution >= 4 is 32.4 Å². The number of rotatable bonds is 4. The number of fused-ring (bicyclic) bond motifs is 1. The van der Waals surface area contributed by atoms with Crippen molar-refractivity contribution in [3.05, 3.63) is 101 Å². The topological polar surface area (TPSA) is 45.1 Å². The van der Waals surface area contributed by atoms with E-state index in [0.717, 1.165) is 32.1 Å². The van der Waals surface area contributed by atoms with Gasteiger partial charge in [-0.25, -0.2) is 0 Å². The Morgan fingerprint density at radius 1 is 0.885 bits per heavy atom. The summed E-state index contributed by atoms with van der Waals surface area (Å²) in [5.74, 6) is 0.271. The Morgan fingerprint density at radius 3 is 2.46 bits per heavy atom. The average Bonchev–Trinajstić information content (AvgIpc) is 2.68. The van der Waals surface area contributed by atoms with Crippen molar-refractivity contribution in [3.63, 3.8) is 0 Å². The maximum absolute atomic E-state index is 10.7. The van der Waals surface area contributed by atoms with Crippen LogP contribution < -0.4 is 5.32 Å². The standard InChI is InChI=1S/C22H17BrN2O/c23-17-10-7-16(8-11-17)22(25-18-5-3-13-24-14-18)21-19-6-2-1-4-15(19)9-12-20(21)26/h1-14,22,25-26H. The van der Waals surface area contributed by atoms with Gasteiger partial charge in [-0.15, -0.1) is 0 Å². The summed E-state index contributed by atoms with van der Waals surface area (Å²) < 4.78 is 1.02. The highest BCUT2D eigenvalue weighted by molar-refractivity contribution is 9.10. The summed E-state index contributed by atoms with van der Waals surface area (Å²) >= 11 is 3.49. The lowest BCUT2D eigenvalue weighted by Crippen LogP contribution is -2.13. The molecule has 0 saturated carbocycles. The van der Waals surface area contributed by atoms with Gasteiger partial charge in [-0.1, -0.05) is 58.4 Å². The lowest BCUT2D eigenvalue weighted by atomic mass is 9.92. The van der Waals surface area contributed by atoms with Crippen LogP contribution in [0, 0.1) is 0 Å². The molecule has 0 saturated heterocycles. The first-order valence-electron chi connectivity index (χ1n) is 8.35. The number of nitrogens with zero attached hydrogens (tertiary/aromatic N) is 1. The van der Waals surface area contributed by atoms with Gasteiger partial charge in [-0.05, 0) is 46.7 Å². The van der Waals surface area contributed by atoms with Crippen LogP contribution in [0.2, 0.25) is 0 Å². The number of halogens is 1. The lowest BCUT2D eigenvalue weighted by molar-refractivity contribution is 0.468. The van der Waals surface area contributed by atoms with Crippen LogP contribution in [0.15, 0.2) is 89.7 Å². The zero-order chi connectivity index (χ0) is 17.9. The summed E-state index contributed by atoms with van der Waals surface area (Å²) in [6.45, 7) is 0. The van der Waals surface area contributed by atoms with E-state index >= 15 is 0 Å². The van der Waals surface area contributed by atoms with Crippen LogP contribution in [0.5, 0.6) is 5.75 Å². The molecule has 0 aliphatic rings. The fourth-order valence-corrected chi connectivity index (χ4v) is 3.44. The molecule has 1 atom stereocenters. The van der Waals surface area contributed by atoms with E-state index in [1.165, 1.54) is 0 Å². The first-order valence-corrected chi connectivity index (χ1v) is 9.14. The van der Waals surface area contributed by atoms with Crippen molar-refractivity contribution < 1.29 is 5.11 Å². The molecule has 0 spiro atoms. The smallest absolute Gasteiger partial charge is 0.121 e. The van der Waals surface area contributed by atoms with Crippen molar-refractivity contribution in [1.82, 2.24) is 4.98 Å². The van der Waals surface area contributed by atoms with E-state index in [0.29, 0.717) is 0 Å². The van der Waals surface area contributed by atoms with Crippen LogP contribution in [0.1, 0.15) is 17.2 Å². The minimum absolute atomic E-state index is 0.210. The number of nitrogens with one attached hydrogen (secondary N) is 1. The second kappa shape index (κ2) is 7.18. The third-order valence-corrected chi connectivity index (χ3v) is 4.94. The van der Waals surface area contributed by atoms with Gasteiger partial charge in [-0.3, -0.25) is 4.98 Å². The molecule has 1 unspecified atom stereocenters. The van der Waals surface area contributed by atoms with Crippen LogP contribution in [-0.4, -0.2) is 10.1 Å². The van der Waals surface area contributed by atoms with Gasteiger partial charge in [0.2, 0.25) is 0 Å². The van der Waals surface area contributed by atoms with Gasteiger partial charge in [-0.2, -0.15) is 0 Å². The fourth-order valence-electron chi connectivity index (χ4n) is 3.18. The molecule has 0 aliphatic heterocycles. The second-order valence-electron chi connectivity index (χ2n) is 6.09. The van der Waals surface area contributed by atoms with Gasteiger partial charge in [0, 0.05) is 22.4 Å². The molecule has 4 rings (SSSR count). The second-order valence-corrected chi connectivity index (χ2v) is 7.01. The summed E-state index contributed by atoms with van der Waals surface area (Å²) in [4.78, 5) is 4.19. The predicted octanol–water partition coefficient (Wildman–Crippen LogP) is 5.90. The summed E-state index contributed by atoms with van der Waals surface area (Å²) in [5.41, 5.74) is 2.81. The molecular formula is C22H17BrN2O. The fraction of sp³-hybridized carbons (Fsp3) is 0.0455. The molecule has 0 amide bonds. The van der Waals surface area contributed by atoms with Gasteiger partial charge in [0.25, 0.3) is 0 Å². The Kier molecular flexibility index (Phi) is 4.59.